The highest BCUT2D eigenvalue weighted by Crippen LogP contribution is 2.29. The maximum absolute atomic E-state index is 12.1. The third-order valence-corrected chi connectivity index (χ3v) is 4.85. The summed E-state index contributed by atoms with van der Waals surface area (Å²) in [6.07, 6.45) is 1.68. The van der Waals surface area contributed by atoms with Crippen LogP contribution >= 0.6 is 35.6 Å². The van der Waals surface area contributed by atoms with Gasteiger partial charge in [0.15, 0.2) is 6.61 Å². The van der Waals surface area contributed by atoms with E-state index in [-0.39, 0.29) is 18.4 Å². The molecule has 1 fully saturated rings. The second kappa shape index (κ2) is 8.35. The van der Waals surface area contributed by atoms with Gasteiger partial charge in [-0.25, -0.2) is 0 Å². The van der Waals surface area contributed by atoms with E-state index in [1.165, 1.54) is 11.8 Å². The molecule has 0 aliphatic carbocycles. The van der Waals surface area contributed by atoms with Gasteiger partial charge in [-0.1, -0.05) is 65.9 Å². The molecule has 1 heterocycles. The number of ether oxygens (including phenoxy) is 1. The van der Waals surface area contributed by atoms with E-state index in [1.54, 1.807) is 48.5 Å². The molecular formula is C18H13ClN2O3S2. The summed E-state index contributed by atoms with van der Waals surface area (Å²) in [5.41, 5.74) is 1.20. The van der Waals surface area contributed by atoms with Crippen molar-refractivity contribution in [2.24, 2.45) is 0 Å². The minimum Gasteiger partial charge on any atom is -0.483 e. The number of hydrogen-bond acceptors (Lipinski definition) is 5. The molecule has 0 spiro atoms. The molecule has 3 rings (SSSR count). The molecule has 2 aromatic rings. The normalized spacial score (nSPS) is 15.0. The zero-order valence-corrected chi connectivity index (χ0v) is 15.7. The van der Waals surface area contributed by atoms with E-state index < -0.39 is 0 Å². The van der Waals surface area contributed by atoms with Crippen molar-refractivity contribution in [2.45, 2.75) is 0 Å². The molecule has 8 heteroatoms. The molecule has 0 unspecified atom stereocenters. The first-order valence-corrected chi connectivity index (χ1v) is 9.14. The molecule has 2 N–H and O–H groups in total. The molecule has 1 aliphatic rings. The first kappa shape index (κ1) is 18.4. The summed E-state index contributed by atoms with van der Waals surface area (Å²) in [6.45, 7) is -0.191. The standard InChI is InChI=1S/C18H13ClN2O3S2/c19-12-6-2-3-7-13(12)20-16(22)10-24-14-8-4-1-5-11(14)9-15-17(23)21-18(25)26-15/h1-9H,10H2,(H,20,22)(H,21,23,25)/b15-9-. The predicted octanol–water partition coefficient (Wildman–Crippen LogP) is 3.85. The number of amides is 2. The van der Waals surface area contributed by atoms with E-state index in [4.69, 9.17) is 28.6 Å². The molecule has 2 aromatic carbocycles. The van der Waals surface area contributed by atoms with E-state index in [2.05, 4.69) is 10.6 Å². The number of benzene rings is 2. The van der Waals surface area contributed by atoms with Gasteiger partial charge in [0.2, 0.25) is 0 Å². The average molecular weight is 405 g/mol. The van der Waals surface area contributed by atoms with Gasteiger partial charge in [-0.05, 0) is 24.3 Å². The van der Waals surface area contributed by atoms with Gasteiger partial charge in [0.25, 0.3) is 11.8 Å². The summed E-state index contributed by atoms with van der Waals surface area (Å²) in [5.74, 6) is -0.0958. The fourth-order valence-electron chi connectivity index (χ4n) is 2.19. The van der Waals surface area contributed by atoms with Gasteiger partial charge in [0.05, 0.1) is 15.6 Å². The minimum atomic E-state index is -0.338. The largest absolute Gasteiger partial charge is 0.483 e. The van der Waals surface area contributed by atoms with Crippen LogP contribution in [0.5, 0.6) is 5.75 Å². The van der Waals surface area contributed by atoms with Crippen molar-refractivity contribution in [2.75, 3.05) is 11.9 Å². The Balaban J connectivity index is 1.68. The maximum atomic E-state index is 12.1. The smallest absolute Gasteiger partial charge is 0.263 e. The van der Waals surface area contributed by atoms with Crippen molar-refractivity contribution < 1.29 is 14.3 Å². The van der Waals surface area contributed by atoms with Crippen molar-refractivity contribution in [3.05, 3.63) is 64.0 Å². The maximum Gasteiger partial charge on any atom is 0.263 e. The lowest BCUT2D eigenvalue weighted by Crippen LogP contribution is -2.20. The number of carbonyl (C=O) groups is 2. The van der Waals surface area contributed by atoms with Crippen molar-refractivity contribution in [3.63, 3.8) is 0 Å². The molecule has 5 nitrogen and oxygen atoms in total. The number of para-hydroxylation sites is 2. The zero-order chi connectivity index (χ0) is 18.5. The molecule has 2 amide bonds. The van der Waals surface area contributed by atoms with Crippen LogP contribution in [0.1, 0.15) is 5.56 Å². The van der Waals surface area contributed by atoms with Crippen molar-refractivity contribution in [3.8, 4) is 5.75 Å². The highest BCUT2D eigenvalue weighted by molar-refractivity contribution is 8.26. The van der Waals surface area contributed by atoms with Crippen molar-refractivity contribution in [1.82, 2.24) is 5.32 Å². The topological polar surface area (TPSA) is 67.4 Å². The van der Waals surface area contributed by atoms with Crippen LogP contribution in [0, 0.1) is 0 Å². The van der Waals surface area contributed by atoms with Crippen molar-refractivity contribution >= 4 is 63.5 Å². The number of thioether (sulfide) groups is 1. The molecule has 0 saturated carbocycles. The van der Waals surface area contributed by atoms with Crippen LogP contribution < -0.4 is 15.4 Å². The van der Waals surface area contributed by atoms with Crippen LogP contribution in [0.15, 0.2) is 53.4 Å². The average Bonchev–Trinajstić information content (AvgIpc) is 2.93. The van der Waals surface area contributed by atoms with E-state index in [1.807, 2.05) is 6.07 Å². The fraction of sp³-hybridized carbons (Fsp3) is 0.0556. The molecule has 1 saturated heterocycles. The van der Waals surface area contributed by atoms with E-state index in [0.717, 1.165) is 0 Å². The lowest BCUT2D eigenvalue weighted by molar-refractivity contribution is -0.118. The first-order chi connectivity index (χ1) is 12.5. The Morgan fingerprint density at radius 3 is 2.69 bits per heavy atom. The van der Waals surface area contributed by atoms with Gasteiger partial charge in [-0.2, -0.15) is 0 Å². The summed E-state index contributed by atoms with van der Waals surface area (Å²) in [5, 5.41) is 5.70. The van der Waals surface area contributed by atoms with Gasteiger partial charge in [-0.3, -0.25) is 9.59 Å². The van der Waals surface area contributed by atoms with E-state index in [9.17, 15) is 9.59 Å². The molecule has 0 radical (unpaired) electrons. The molecule has 0 aromatic heterocycles. The molecule has 132 valence electrons. The molecule has 0 atom stereocenters. The number of anilines is 1. The summed E-state index contributed by atoms with van der Waals surface area (Å²) < 4.78 is 6.03. The second-order valence-electron chi connectivity index (χ2n) is 5.21. The summed E-state index contributed by atoms with van der Waals surface area (Å²) in [6, 6.07) is 14.1. The Morgan fingerprint density at radius 2 is 1.96 bits per heavy atom. The second-order valence-corrected chi connectivity index (χ2v) is 7.33. The van der Waals surface area contributed by atoms with Crippen LogP contribution in [0.25, 0.3) is 6.08 Å². The molecular weight excluding hydrogens is 392 g/mol. The first-order valence-electron chi connectivity index (χ1n) is 7.54. The number of nitrogens with one attached hydrogen (secondary N) is 2. The zero-order valence-electron chi connectivity index (χ0n) is 13.3. The van der Waals surface area contributed by atoms with Crippen LogP contribution in [-0.2, 0) is 9.59 Å². The van der Waals surface area contributed by atoms with Gasteiger partial charge in [0, 0.05) is 5.56 Å². The summed E-state index contributed by atoms with van der Waals surface area (Å²) in [7, 11) is 0. The third-order valence-electron chi connectivity index (χ3n) is 3.35. The fourth-order valence-corrected chi connectivity index (χ4v) is 3.40. The summed E-state index contributed by atoms with van der Waals surface area (Å²) in [4.78, 5) is 24.4. The minimum absolute atomic E-state index is 0.191. The lowest BCUT2D eigenvalue weighted by atomic mass is 10.2. The molecule has 26 heavy (non-hydrogen) atoms. The highest BCUT2D eigenvalue weighted by Gasteiger charge is 2.22. The van der Waals surface area contributed by atoms with Gasteiger partial charge in [-0.15, -0.1) is 0 Å². The Morgan fingerprint density at radius 1 is 1.23 bits per heavy atom. The predicted molar refractivity (Wildman–Crippen MR) is 108 cm³/mol. The van der Waals surface area contributed by atoms with Gasteiger partial charge >= 0.3 is 0 Å². The number of thiocarbonyl (C=S) groups is 1. The van der Waals surface area contributed by atoms with Gasteiger partial charge < -0.3 is 15.4 Å². The SMILES string of the molecule is O=C(COc1ccccc1/C=C1\SC(=S)NC1=O)Nc1ccccc1Cl. The van der Waals surface area contributed by atoms with E-state index >= 15 is 0 Å². The molecule has 0 bridgehead atoms. The van der Waals surface area contributed by atoms with Crippen LogP contribution in [-0.4, -0.2) is 22.7 Å². The Hall–Kier alpha value is -2.35. The third kappa shape index (κ3) is 4.63. The molecule has 1 aliphatic heterocycles. The Bertz CT molecular complexity index is 915. The van der Waals surface area contributed by atoms with E-state index in [0.29, 0.717) is 31.2 Å². The van der Waals surface area contributed by atoms with Crippen LogP contribution in [0.2, 0.25) is 5.02 Å². The summed E-state index contributed by atoms with van der Waals surface area (Å²) >= 11 is 12.2. The number of carbonyl (C=O) groups excluding carboxylic acids is 2. The quantitative estimate of drug-likeness (QED) is 0.585. The lowest BCUT2D eigenvalue weighted by Gasteiger charge is -2.10. The number of halogens is 1. The van der Waals surface area contributed by atoms with Crippen LogP contribution in [0.3, 0.4) is 0 Å². The Labute approximate surface area is 164 Å². The van der Waals surface area contributed by atoms with Gasteiger partial charge in [0.1, 0.15) is 10.1 Å². The number of hydrogen-bond donors (Lipinski definition) is 2. The van der Waals surface area contributed by atoms with Crippen molar-refractivity contribution in [1.29, 1.82) is 0 Å². The monoisotopic (exact) mass is 404 g/mol. The Kier molecular flexibility index (Phi) is 5.92. The number of rotatable bonds is 5. The van der Waals surface area contributed by atoms with Crippen LogP contribution in [0.4, 0.5) is 5.69 Å². The highest BCUT2D eigenvalue weighted by atomic mass is 35.5.